The predicted octanol–water partition coefficient (Wildman–Crippen LogP) is 4.39. The molecule has 0 saturated carbocycles. The first kappa shape index (κ1) is 28.8. The van der Waals surface area contributed by atoms with Crippen LogP contribution in [-0.2, 0) is 18.6 Å². The second kappa shape index (κ2) is 12.8. The Hall–Kier alpha value is -4.19. The molecule has 0 fully saturated rings. The molecule has 0 aliphatic heterocycles. The topological polar surface area (TPSA) is 165 Å². The molecule has 4 N–H and O–H groups in total. The highest BCUT2D eigenvalue weighted by molar-refractivity contribution is 7.46. The Labute approximate surface area is 230 Å². The van der Waals surface area contributed by atoms with E-state index in [1.807, 2.05) is 62.4 Å². The Morgan fingerprint density at radius 1 is 1.07 bits per heavy atom. The first-order valence-corrected chi connectivity index (χ1v) is 13.6. The van der Waals surface area contributed by atoms with Crippen LogP contribution in [-0.4, -0.2) is 50.6 Å². The van der Waals surface area contributed by atoms with Crippen molar-refractivity contribution in [1.29, 1.82) is 0 Å². The van der Waals surface area contributed by atoms with Gasteiger partial charge in [0.25, 0.3) is 5.91 Å². The average molecular weight is 566 g/mol. The van der Waals surface area contributed by atoms with E-state index in [0.717, 1.165) is 40.5 Å². The van der Waals surface area contributed by atoms with Gasteiger partial charge in [-0.05, 0) is 67.4 Å². The fourth-order valence-corrected chi connectivity index (χ4v) is 4.09. The lowest BCUT2D eigenvalue weighted by Crippen LogP contribution is -2.37. The molecule has 0 saturated heterocycles. The summed E-state index contributed by atoms with van der Waals surface area (Å²) in [5.41, 5.74) is 4.22. The van der Waals surface area contributed by atoms with E-state index < -0.39 is 20.0 Å². The molecule has 1 amide bonds. The quantitative estimate of drug-likeness (QED) is 0.151. The van der Waals surface area contributed by atoms with Crippen LogP contribution in [0, 0.1) is 13.8 Å². The van der Waals surface area contributed by atoms with E-state index in [0.29, 0.717) is 17.3 Å². The summed E-state index contributed by atoms with van der Waals surface area (Å²) in [5.74, 6) is 1.16. The highest BCUT2D eigenvalue weighted by atomic mass is 31.2. The molecular formula is C27H28N5O7P. The van der Waals surface area contributed by atoms with E-state index in [9.17, 15) is 9.36 Å². The molecule has 0 aliphatic rings. The molecule has 0 bridgehead atoms. The maximum Gasteiger partial charge on any atom is 0.472 e. The number of anilines is 2. The molecule has 4 rings (SSSR count). The van der Waals surface area contributed by atoms with Crippen molar-refractivity contribution in [3.8, 4) is 11.5 Å². The summed E-state index contributed by atoms with van der Waals surface area (Å²) in [6, 6.07) is 15.1. The summed E-state index contributed by atoms with van der Waals surface area (Å²) in [6.07, 6.45) is 4.88. The molecule has 2 aromatic heterocycles. The van der Waals surface area contributed by atoms with Crippen LogP contribution in [0.4, 0.5) is 11.5 Å². The van der Waals surface area contributed by atoms with E-state index in [1.165, 1.54) is 6.33 Å². The van der Waals surface area contributed by atoms with Gasteiger partial charge in [-0.3, -0.25) is 9.78 Å². The van der Waals surface area contributed by atoms with Gasteiger partial charge in [0.1, 0.15) is 23.6 Å². The number of pyridine rings is 1. The third-order valence-corrected chi connectivity index (χ3v) is 6.04. The van der Waals surface area contributed by atoms with Gasteiger partial charge in [0.05, 0.1) is 11.7 Å². The summed E-state index contributed by atoms with van der Waals surface area (Å²) in [7, 11) is -3.78. The van der Waals surface area contributed by atoms with Gasteiger partial charge < -0.3 is 29.9 Å². The van der Waals surface area contributed by atoms with Gasteiger partial charge in [0.15, 0.2) is 0 Å². The Balaban J connectivity index is 1.44. The number of carbonyl (C=O) groups is 1. The summed E-state index contributed by atoms with van der Waals surface area (Å²) in [5, 5.41) is 6.59. The van der Waals surface area contributed by atoms with Crippen LogP contribution >= 0.6 is 7.82 Å². The number of rotatable bonds is 11. The zero-order valence-corrected chi connectivity index (χ0v) is 22.8. The number of aryl methyl sites for hydroxylation is 2. The first-order chi connectivity index (χ1) is 19.1. The lowest BCUT2D eigenvalue weighted by atomic mass is 10.1. The number of ether oxygens (including phenoxy) is 2. The number of hydrogen-bond acceptors (Lipinski definition) is 9. The molecule has 2 aromatic carbocycles. The minimum absolute atomic E-state index is 0.0734. The molecule has 40 heavy (non-hydrogen) atoms. The zero-order chi connectivity index (χ0) is 28.7. The standard InChI is InChI=1S/C27H28N5O7P/c1-17-13-20(8-11-24(17)38-21-9-6-18(2)29-15-21)32-25-22-14-19(7-10-23(22)30-16-31-25)5-4-12-28-26(33)27(37-3)39-40(34,35)36/h4-11,13-16,27H,12H2,1-3H3,(H,28,33)(H,30,31,32)(H2,34,35,36)/b5-4+. The number of fused-ring (bicyclic) bond motifs is 1. The number of carbonyl (C=O) groups excluding carboxylic acids is 1. The number of amides is 1. The third kappa shape index (κ3) is 7.92. The van der Waals surface area contributed by atoms with Crippen LogP contribution in [0.2, 0.25) is 0 Å². The zero-order valence-electron chi connectivity index (χ0n) is 21.9. The molecule has 12 nitrogen and oxygen atoms in total. The van der Waals surface area contributed by atoms with E-state index in [4.69, 9.17) is 14.5 Å². The van der Waals surface area contributed by atoms with Crippen LogP contribution in [0.25, 0.3) is 17.0 Å². The second-order valence-corrected chi connectivity index (χ2v) is 9.84. The monoisotopic (exact) mass is 565 g/mol. The molecular weight excluding hydrogens is 537 g/mol. The predicted molar refractivity (Wildman–Crippen MR) is 149 cm³/mol. The fourth-order valence-electron chi connectivity index (χ4n) is 3.66. The minimum Gasteiger partial charge on any atom is -0.455 e. The number of phosphoric acid groups is 1. The summed E-state index contributed by atoms with van der Waals surface area (Å²) in [4.78, 5) is 42.8. The normalized spacial score (nSPS) is 12.4. The number of methoxy groups -OCH3 is 1. The molecule has 4 aromatic rings. The van der Waals surface area contributed by atoms with Gasteiger partial charge in [-0.2, -0.15) is 0 Å². The Morgan fingerprint density at radius 3 is 2.60 bits per heavy atom. The van der Waals surface area contributed by atoms with Gasteiger partial charge in [0.2, 0.25) is 6.29 Å². The minimum atomic E-state index is -4.88. The Kier molecular flexibility index (Phi) is 9.20. The maximum absolute atomic E-state index is 12.0. The van der Waals surface area contributed by atoms with E-state index in [-0.39, 0.29) is 6.54 Å². The molecule has 2 heterocycles. The lowest BCUT2D eigenvalue weighted by molar-refractivity contribution is -0.150. The molecule has 0 radical (unpaired) electrons. The second-order valence-electron chi connectivity index (χ2n) is 8.65. The highest BCUT2D eigenvalue weighted by Crippen LogP contribution is 2.37. The third-order valence-electron chi connectivity index (χ3n) is 5.57. The fraction of sp³-hybridized carbons (Fsp3) is 0.185. The number of nitrogens with one attached hydrogen (secondary N) is 2. The number of aromatic nitrogens is 3. The van der Waals surface area contributed by atoms with E-state index >= 15 is 0 Å². The van der Waals surface area contributed by atoms with Crippen molar-refractivity contribution in [3.63, 3.8) is 0 Å². The van der Waals surface area contributed by atoms with Crippen LogP contribution in [0.3, 0.4) is 0 Å². The van der Waals surface area contributed by atoms with E-state index in [1.54, 1.807) is 18.3 Å². The van der Waals surface area contributed by atoms with Crippen molar-refractivity contribution in [2.75, 3.05) is 19.0 Å². The van der Waals surface area contributed by atoms with Gasteiger partial charge in [-0.25, -0.2) is 19.1 Å². The summed E-state index contributed by atoms with van der Waals surface area (Å²) in [6.45, 7) is 3.94. The summed E-state index contributed by atoms with van der Waals surface area (Å²) >= 11 is 0. The van der Waals surface area contributed by atoms with Crippen LogP contribution in [0.5, 0.6) is 11.5 Å². The van der Waals surface area contributed by atoms with E-state index in [2.05, 4.69) is 34.8 Å². The van der Waals surface area contributed by atoms with Gasteiger partial charge in [0, 0.05) is 30.4 Å². The van der Waals surface area contributed by atoms with Crippen molar-refractivity contribution in [2.24, 2.45) is 0 Å². The Morgan fingerprint density at radius 2 is 1.90 bits per heavy atom. The van der Waals surface area contributed by atoms with Gasteiger partial charge >= 0.3 is 7.82 Å². The lowest BCUT2D eigenvalue weighted by Gasteiger charge is -2.15. The molecule has 208 valence electrons. The number of phosphoric ester groups is 1. The number of benzene rings is 2. The molecule has 0 aliphatic carbocycles. The van der Waals surface area contributed by atoms with Crippen molar-refractivity contribution < 1.29 is 33.1 Å². The Bertz CT molecular complexity index is 1570. The maximum atomic E-state index is 12.0. The SMILES string of the molecule is COC(OP(=O)(O)O)C(=O)NC/C=C/c1ccc2ncnc(Nc3ccc(Oc4ccc(C)nc4)c(C)c3)c2c1. The van der Waals surface area contributed by atoms with Crippen LogP contribution < -0.4 is 15.4 Å². The van der Waals surface area contributed by atoms with Crippen molar-refractivity contribution in [3.05, 3.63) is 84.0 Å². The largest absolute Gasteiger partial charge is 0.472 e. The number of nitrogens with zero attached hydrogens (tertiary/aromatic N) is 3. The highest BCUT2D eigenvalue weighted by Gasteiger charge is 2.27. The number of hydrogen-bond donors (Lipinski definition) is 4. The van der Waals surface area contributed by atoms with Gasteiger partial charge in [-0.1, -0.05) is 18.2 Å². The average Bonchev–Trinajstić information content (AvgIpc) is 2.92. The van der Waals surface area contributed by atoms with Gasteiger partial charge in [-0.15, -0.1) is 0 Å². The molecule has 13 heteroatoms. The molecule has 0 spiro atoms. The smallest absolute Gasteiger partial charge is 0.455 e. The first-order valence-electron chi connectivity index (χ1n) is 12.1. The van der Waals surface area contributed by atoms with Crippen molar-refractivity contribution in [1.82, 2.24) is 20.3 Å². The van der Waals surface area contributed by atoms with Crippen molar-refractivity contribution >= 4 is 42.2 Å². The van der Waals surface area contributed by atoms with Crippen LogP contribution in [0.1, 0.15) is 16.8 Å². The summed E-state index contributed by atoms with van der Waals surface area (Å²) < 4.78 is 25.9. The van der Waals surface area contributed by atoms with Crippen LogP contribution in [0.15, 0.2) is 67.1 Å². The molecule has 1 atom stereocenters. The van der Waals surface area contributed by atoms with Crippen molar-refractivity contribution in [2.45, 2.75) is 20.1 Å². The molecule has 1 unspecified atom stereocenters.